The predicted molar refractivity (Wildman–Crippen MR) is 98.1 cm³/mol. The Morgan fingerprint density at radius 2 is 1.96 bits per heavy atom. The summed E-state index contributed by atoms with van der Waals surface area (Å²) in [6, 6.07) is 11.0. The average Bonchev–Trinajstić information content (AvgIpc) is 3.19. The van der Waals surface area contributed by atoms with Crippen molar-refractivity contribution in [2.24, 2.45) is 5.92 Å². The van der Waals surface area contributed by atoms with Crippen molar-refractivity contribution in [3.63, 3.8) is 0 Å². The summed E-state index contributed by atoms with van der Waals surface area (Å²) in [4.78, 5) is 18.0. The van der Waals surface area contributed by atoms with Crippen LogP contribution in [0.4, 0.5) is 0 Å². The van der Waals surface area contributed by atoms with E-state index in [4.69, 9.17) is 4.74 Å². The van der Waals surface area contributed by atoms with E-state index in [-0.39, 0.29) is 11.5 Å². The van der Waals surface area contributed by atoms with Gasteiger partial charge in [-0.05, 0) is 45.1 Å². The highest BCUT2D eigenvalue weighted by molar-refractivity contribution is 5.86. The van der Waals surface area contributed by atoms with Gasteiger partial charge in [0.25, 0.3) is 0 Å². The van der Waals surface area contributed by atoms with Gasteiger partial charge in [0.05, 0.1) is 6.04 Å². The van der Waals surface area contributed by atoms with Crippen LogP contribution in [0.15, 0.2) is 30.3 Å². The molecule has 0 aliphatic carbocycles. The Kier molecular flexibility index (Phi) is 4.16. The maximum Gasteiger partial charge on any atom is 0.328 e. The predicted octanol–water partition coefficient (Wildman–Crippen LogP) is 3.07. The number of carbonyl (C=O) groups is 1. The molecule has 3 aliphatic rings. The van der Waals surface area contributed by atoms with E-state index >= 15 is 0 Å². The summed E-state index contributed by atoms with van der Waals surface area (Å²) in [5, 5.41) is 0. The molecule has 3 heterocycles. The van der Waals surface area contributed by atoms with Crippen LogP contribution in [0.25, 0.3) is 0 Å². The third-order valence-electron chi connectivity index (χ3n) is 5.95. The van der Waals surface area contributed by atoms with Gasteiger partial charge in [-0.15, -0.1) is 0 Å². The summed E-state index contributed by atoms with van der Waals surface area (Å²) in [5.41, 5.74) is 0.596. The number of hydrogen-bond acceptors (Lipinski definition) is 4. The molecule has 4 unspecified atom stereocenters. The first-order valence-electron chi connectivity index (χ1n) is 9.65. The first-order chi connectivity index (χ1) is 11.9. The van der Waals surface area contributed by atoms with E-state index in [1.54, 1.807) is 0 Å². The van der Waals surface area contributed by atoms with E-state index in [1.807, 2.05) is 20.8 Å². The summed E-state index contributed by atoms with van der Waals surface area (Å²) >= 11 is 0. The molecule has 136 valence electrons. The number of rotatable bonds is 3. The molecule has 4 heteroatoms. The highest BCUT2D eigenvalue weighted by atomic mass is 16.6. The number of nitrogens with zero attached hydrogens (tertiary/aromatic N) is 2. The van der Waals surface area contributed by atoms with E-state index < -0.39 is 5.60 Å². The van der Waals surface area contributed by atoms with Gasteiger partial charge in [-0.1, -0.05) is 36.8 Å². The van der Waals surface area contributed by atoms with Crippen molar-refractivity contribution in [1.29, 1.82) is 0 Å². The van der Waals surface area contributed by atoms with Crippen molar-refractivity contribution in [3.05, 3.63) is 35.9 Å². The fourth-order valence-electron chi connectivity index (χ4n) is 4.86. The Balaban J connectivity index is 1.53. The molecule has 0 N–H and O–H groups in total. The molecule has 4 rings (SSSR count). The molecule has 1 aromatic carbocycles. The van der Waals surface area contributed by atoms with Crippen molar-refractivity contribution < 1.29 is 9.53 Å². The standard InChI is InChI=1S/C21H30N2O2/c1-20(2,3)25-19(24)21-11-7-10-17-13-22(15-18(21)23(21)14-17)12-16-8-5-4-6-9-16/h4-6,8-9,17-18H,7,10-15H2,1-3H3. The van der Waals surface area contributed by atoms with Gasteiger partial charge in [0.1, 0.15) is 11.1 Å². The van der Waals surface area contributed by atoms with E-state index in [0.29, 0.717) is 12.0 Å². The molecule has 0 amide bonds. The van der Waals surface area contributed by atoms with Crippen molar-refractivity contribution in [3.8, 4) is 0 Å². The smallest absolute Gasteiger partial charge is 0.328 e. The number of fused-ring (bicyclic) bond motifs is 2. The van der Waals surface area contributed by atoms with Crippen LogP contribution < -0.4 is 0 Å². The maximum atomic E-state index is 13.0. The van der Waals surface area contributed by atoms with Gasteiger partial charge < -0.3 is 4.74 Å². The SMILES string of the molecule is CC(C)(C)OC(=O)C12CCCC3CN(Cc4ccccc4)CC1N2C3. The van der Waals surface area contributed by atoms with Crippen LogP contribution in [0.5, 0.6) is 0 Å². The number of esters is 1. The minimum Gasteiger partial charge on any atom is -0.459 e. The Hall–Kier alpha value is -1.39. The number of hydrogen-bond donors (Lipinski definition) is 0. The van der Waals surface area contributed by atoms with Gasteiger partial charge in [-0.3, -0.25) is 9.80 Å². The van der Waals surface area contributed by atoms with Crippen molar-refractivity contribution in [2.45, 2.75) is 63.8 Å². The van der Waals surface area contributed by atoms with E-state index in [9.17, 15) is 4.79 Å². The minimum absolute atomic E-state index is 0.00668. The minimum atomic E-state index is -0.413. The van der Waals surface area contributed by atoms with Gasteiger partial charge >= 0.3 is 5.97 Å². The second kappa shape index (κ2) is 6.10. The number of ether oxygens (including phenoxy) is 1. The molecule has 0 spiro atoms. The summed E-state index contributed by atoms with van der Waals surface area (Å²) in [7, 11) is 0. The van der Waals surface area contributed by atoms with Crippen LogP contribution in [-0.4, -0.2) is 52.6 Å². The lowest BCUT2D eigenvalue weighted by molar-refractivity contribution is -0.159. The molecule has 0 radical (unpaired) electrons. The zero-order chi connectivity index (χ0) is 17.7. The largest absolute Gasteiger partial charge is 0.459 e. The van der Waals surface area contributed by atoms with Crippen LogP contribution in [-0.2, 0) is 16.1 Å². The maximum absolute atomic E-state index is 13.0. The summed E-state index contributed by atoms with van der Waals surface area (Å²) in [5.74, 6) is 0.674. The highest BCUT2D eigenvalue weighted by Gasteiger charge is 2.70. The third-order valence-corrected chi connectivity index (χ3v) is 5.95. The fraction of sp³-hybridized carbons (Fsp3) is 0.667. The average molecular weight is 342 g/mol. The van der Waals surface area contributed by atoms with Crippen molar-refractivity contribution in [2.75, 3.05) is 19.6 Å². The highest BCUT2D eigenvalue weighted by Crippen LogP contribution is 2.51. The Morgan fingerprint density at radius 1 is 1.20 bits per heavy atom. The monoisotopic (exact) mass is 342 g/mol. The molecule has 1 aromatic rings. The molecule has 3 fully saturated rings. The Labute approximate surface area is 151 Å². The van der Waals surface area contributed by atoms with Crippen molar-refractivity contribution >= 4 is 5.97 Å². The zero-order valence-corrected chi connectivity index (χ0v) is 15.7. The molecular formula is C21H30N2O2. The molecule has 3 saturated heterocycles. The van der Waals surface area contributed by atoms with Crippen LogP contribution in [0, 0.1) is 5.92 Å². The van der Waals surface area contributed by atoms with Crippen LogP contribution in [0.3, 0.4) is 0 Å². The lowest BCUT2D eigenvalue weighted by atomic mass is 9.96. The molecule has 4 atom stereocenters. The first-order valence-corrected chi connectivity index (χ1v) is 9.65. The molecular weight excluding hydrogens is 312 g/mol. The summed E-state index contributed by atoms with van der Waals surface area (Å²) in [6.45, 7) is 10.1. The van der Waals surface area contributed by atoms with E-state index in [0.717, 1.165) is 39.0 Å². The summed E-state index contributed by atoms with van der Waals surface area (Å²) < 4.78 is 5.82. The van der Waals surface area contributed by atoms with Gasteiger partial charge in [0, 0.05) is 26.2 Å². The van der Waals surface area contributed by atoms with Crippen molar-refractivity contribution in [1.82, 2.24) is 9.80 Å². The molecule has 4 nitrogen and oxygen atoms in total. The Morgan fingerprint density at radius 3 is 2.68 bits per heavy atom. The first kappa shape index (κ1) is 17.0. The number of benzene rings is 1. The lowest BCUT2D eigenvalue weighted by Gasteiger charge is -2.27. The topological polar surface area (TPSA) is 32.5 Å². The zero-order valence-electron chi connectivity index (χ0n) is 15.7. The van der Waals surface area contributed by atoms with Gasteiger partial charge in [-0.25, -0.2) is 4.79 Å². The normalized spacial score (nSPS) is 34.8. The van der Waals surface area contributed by atoms with Gasteiger partial charge in [0.15, 0.2) is 0 Å². The molecule has 0 aromatic heterocycles. The van der Waals surface area contributed by atoms with Gasteiger partial charge in [0.2, 0.25) is 0 Å². The van der Waals surface area contributed by atoms with E-state index in [1.165, 1.54) is 12.0 Å². The van der Waals surface area contributed by atoms with Crippen LogP contribution in [0.1, 0.15) is 45.6 Å². The van der Waals surface area contributed by atoms with Crippen LogP contribution in [0.2, 0.25) is 0 Å². The second-order valence-electron chi connectivity index (χ2n) is 9.03. The quantitative estimate of drug-likeness (QED) is 0.624. The fourth-order valence-corrected chi connectivity index (χ4v) is 4.86. The van der Waals surface area contributed by atoms with Crippen LogP contribution >= 0.6 is 0 Å². The third kappa shape index (κ3) is 3.22. The molecule has 2 bridgehead atoms. The lowest BCUT2D eigenvalue weighted by Crippen LogP contribution is -2.41. The molecule has 3 aliphatic heterocycles. The second-order valence-corrected chi connectivity index (χ2v) is 9.03. The van der Waals surface area contributed by atoms with Gasteiger partial charge in [-0.2, -0.15) is 0 Å². The Bertz CT molecular complexity index is 639. The summed E-state index contributed by atoms with van der Waals surface area (Å²) in [6.07, 6.45) is 3.32. The molecule has 0 saturated carbocycles. The number of carbonyl (C=O) groups excluding carboxylic acids is 1. The van der Waals surface area contributed by atoms with E-state index in [2.05, 4.69) is 40.1 Å². The molecule has 25 heavy (non-hydrogen) atoms.